The Morgan fingerprint density at radius 3 is 0.941 bits per heavy atom. The molecule has 296 valence electrons. The molecule has 13 heteroatoms. The van der Waals surface area contributed by atoms with E-state index in [-0.39, 0.29) is 62.6 Å². The minimum absolute atomic E-state index is 0. The quantitative estimate of drug-likeness (QED) is 0.0287. The van der Waals surface area contributed by atoms with E-state index >= 15 is 0 Å². The first-order chi connectivity index (χ1) is 23.7. The van der Waals surface area contributed by atoms with E-state index in [0.717, 1.165) is 25.7 Å². The molecule has 10 nitrogen and oxygen atoms in total. The summed E-state index contributed by atoms with van der Waals surface area (Å²) in [6.07, 6.45) is 36.8. The summed E-state index contributed by atoms with van der Waals surface area (Å²) in [6.45, 7) is 4.36. The van der Waals surface area contributed by atoms with E-state index in [1.165, 1.54) is 164 Å². The third-order valence-corrected chi connectivity index (χ3v) is 9.94. The Morgan fingerprint density at radius 1 is 0.471 bits per heavy atom. The average Bonchev–Trinajstić information content (AvgIpc) is 3.06. The minimum atomic E-state index is -4.27. The van der Waals surface area contributed by atoms with Crippen LogP contribution in [0.3, 0.4) is 0 Å². The summed E-state index contributed by atoms with van der Waals surface area (Å²) in [5, 5.41) is 0. The standard InChI is InChI=1S/2C19H37NO4S.Ca/c2*1-3-4-5-6-7-8-9-10-11-12-13-14-15-16-19(21)20(2)17-18-25(22,23)24;/h2*15-16H,3-14,17-18H2,1-2H3,(H,22,23,24);/q;;+2/p-2/b2*16-15+;. The van der Waals surface area contributed by atoms with E-state index in [2.05, 4.69) is 13.8 Å². The van der Waals surface area contributed by atoms with Crippen molar-refractivity contribution in [2.24, 2.45) is 0 Å². The molecule has 0 aromatic carbocycles. The molecule has 0 fully saturated rings. The van der Waals surface area contributed by atoms with Crippen LogP contribution in [-0.4, -0.2) is 124 Å². The second-order valence-electron chi connectivity index (χ2n) is 13.5. The number of nitrogens with zero attached hydrogens (tertiary/aromatic N) is 2. The number of rotatable bonds is 32. The molecule has 0 aromatic heterocycles. The fourth-order valence-corrected chi connectivity index (χ4v) is 6.19. The van der Waals surface area contributed by atoms with E-state index < -0.39 is 31.7 Å². The molecular formula is C38H72CaN2O8S2. The van der Waals surface area contributed by atoms with E-state index in [4.69, 9.17) is 0 Å². The summed E-state index contributed by atoms with van der Waals surface area (Å²) in [6, 6.07) is 0. The van der Waals surface area contributed by atoms with E-state index in [9.17, 15) is 35.5 Å². The Hall–Kier alpha value is -0.500. The van der Waals surface area contributed by atoms with E-state index in [1.54, 1.807) is 0 Å². The number of unbranched alkanes of at least 4 members (excludes halogenated alkanes) is 22. The maximum atomic E-state index is 11.7. The van der Waals surface area contributed by atoms with Crippen molar-refractivity contribution in [3.63, 3.8) is 0 Å². The van der Waals surface area contributed by atoms with Gasteiger partial charge in [-0.25, -0.2) is 16.8 Å². The zero-order valence-electron chi connectivity index (χ0n) is 32.8. The van der Waals surface area contributed by atoms with Gasteiger partial charge in [0.1, 0.15) is 0 Å². The number of carbonyl (C=O) groups is 2. The summed E-state index contributed by atoms with van der Waals surface area (Å²) >= 11 is 0. The first-order valence-electron chi connectivity index (χ1n) is 19.4. The summed E-state index contributed by atoms with van der Waals surface area (Å²) in [7, 11) is -5.54. The Kier molecular flexibility index (Phi) is 40.6. The average molecular weight is 789 g/mol. The van der Waals surface area contributed by atoms with Crippen molar-refractivity contribution < 1.29 is 35.5 Å². The fraction of sp³-hybridized carbons (Fsp3) is 0.842. The molecule has 0 saturated heterocycles. The molecule has 0 heterocycles. The van der Waals surface area contributed by atoms with Crippen LogP contribution in [0.1, 0.15) is 168 Å². The topological polar surface area (TPSA) is 155 Å². The van der Waals surface area contributed by atoms with Crippen LogP contribution in [0.5, 0.6) is 0 Å². The minimum Gasteiger partial charge on any atom is -0.748 e. The van der Waals surface area contributed by atoms with Crippen LogP contribution in [-0.2, 0) is 29.8 Å². The number of hydrogen-bond donors (Lipinski definition) is 0. The molecule has 0 rings (SSSR count). The maximum absolute atomic E-state index is 11.7. The van der Waals surface area contributed by atoms with Crippen LogP contribution in [0.4, 0.5) is 0 Å². The number of likely N-dealkylation sites (N-methyl/N-ethyl adjacent to an activating group) is 2. The second-order valence-corrected chi connectivity index (χ2v) is 16.5. The zero-order valence-corrected chi connectivity index (χ0v) is 36.6. The third kappa shape index (κ3) is 45.6. The smallest absolute Gasteiger partial charge is 0.748 e. The molecule has 0 unspecified atom stereocenters. The molecule has 0 radical (unpaired) electrons. The van der Waals surface area contributed by atoms with E-state index in [0.29, 0.717) is 0 Å². The van der Waals surface area contributed by atoms with Crippen LogP contribution >= 0.6 is 0 Å². The number of amides is 2. The van der Waals surface area contributed by atoms with Gasteiger partial charge < -0.3 is 18.9 Å². The predicted molar refractivity (Wildman–Crippen MR) is 211 cm³/mol. The van der Waals surface area contributed by atoms with Crippen molar-refractivity contribution in [1.82, 2.24) is 9.80 Å². The van der Waals surface area contributed by atoms with Gasteiger partial charge in [-0.15, -0.1) is 0 Å². The molecule has 0 aliphatic carbocycles. The first-order valence-corrected chi connectivity index (χ1v) is 22.6. The number of allylic oxidation sites excluding steroid dienone is 2. The normalized spacial score (nSPS) is 11.7. The van der Waals surface area contributed by atoms with Crippen molar-refractivity contribution in [1.29, 1.82) is 0 Å². The molecular weight excluding hydrogens is 717 g/mol. The van der Waals surface area contributed by atoms with Crippen LogP contribution < -0.4 is 0 Å². The van der Waals surface area contributed by atoms with Crippen molar-refractivity contribution in [2.45, 2.75) is 168 Å². The molecule has 0 atom stereocenters. The SMILES string of the molecule is CCCCCCCCCCCCC/C=C/C(=O)N(C)CCS(=O)(=O)[O-].CCCCCCCCCCCCC/C=C/C(=O)N(C)CCS(=O)(=O)[O-].[Ca+2]. The van der Waals surface area contributed by atoms with Crippen molar-refractivity contribution in [3.8, 4) is 0 Å². The largest absolute Gasteiger partial charge is 2.00 e. The Bertz CT molecular complexity index is 1010. The van der Waals surface area contributed by atoms with Gasteiger partial charge in [0.25, 0.3) is 0 Å². The van der Waals surface area contributed by atoms with Crippen molar-refractivity contribution in [2.75, 3.05) is 38.7 Å². The van der Waals surface area contributed by atoms with Gasteiger partial charge in [0, 0.05) is 27.2 Å². The molecule has 0 bridgehead atoms. The molecule has 0 aliphatic rings. The van der Waals surface area contributed by atoms with Crippen LogP contribution in [0.15, 0.2) is 24.3 Å². The summed E-state index contributed by atoms with van der Waals surface area (Å²) in [5.74, 6) is -1.60. The Labute approximate surface area is 343 Å². The van der Waals surface area contributed by atoms with Gasteiger partial charge in [-0.1, -0.05) is 154 Å². The molecule has 51 heavy (non-hydrogen) atoms. The molecule has 0 N–H and O–H groups in total. The summed E-state index contributed by atoms with van der Waals surface area (Å²) < 4.78 is 63.2. The third-order valence-electron chi connectivity index (χ3n) is 8.58. The second kappa shape index (κ2) is 37.8. The first kappa shape index (κ1) is 54.8. The zero-order chi connectivity index (χ0) is 37.9. The molecule has 0 aliphatic heterocycles. The molecule has 0 spiro atoms. The van der Waals surface area contributed by atoms with E-state index in [1.807, 2.05) is 12.2 Å². The maximum Gasteiger partial charge on any atom is 2.00 e. The Morgan fingerprint density at radius 2 is 0.706 bits per heavy atom. The van der Waals surface area contributed by atoms with Crippen molar-refractivity contribution in [3.05, 3.63) is 24.3 Å². The summed E-state index contributed by atoms with van der Waals surface area (Å²) in [5.41, 5.74) is 0. The Balaban J connectivity index is -0.000000886. The fourth-order valence-electron chi connectivity index (χ4n) is 5.19. The molecule has 0 aromatic rings. The number of carbonyl (C=O) groups excluding carboxylic acids is 2. The van der Waals surface area contributed by atoms with Gasteiger partial charge in [-0.05, 0) is 37.8 Å². The van der Waals surface area contributed by atoms with Crippen LogP contribution in [0.2, 0.25) is 0 Å². The van der Waals surface area contributed by atoms with Crippen molar-refractivity contribution >= 4 is 69.8 Å². The monoisotopic (exact) mass is 788 g/mol. The molecule has 2 amide bonds. The van der Waals surface area contributed by atoms with Crippen LogP contribution in [0, 0.1) is 0 Å². The molecule has 0 saturated carbocycles. The summed E-state index contributed by atoms with van der Waals surface area (Å²) in [4.78, 5) is 25.9. The van der Waals surface area contributed by atoms with Gasteiger partial charge in [0.2, 0.25) is 11.8 Å². The van der Waals surface area contributed by atoms with Gasteiger partial charge in [0.15, 0.2) is 0 Å². The van der Waals surface area contributed by atoms with Gasteiger partial charge >= 0.3 is 37.7 Å². The van der Waals surface area contributed by atoms with Gasteiger partial charge in [-0.2, -0.15) is 0 Å². The van der Waals surface area contributed by atoms with Gasteiger partial charge in [-0.3, -0.25) is 9.59 Å². The van der Waals surface area contributed by atoms with Gasteiger partial charge in [0.05, 0.1) is 31.7 Å². The predicted octanol–water partition coefficient (Wildman–Crippen LogP) is 8.11. The number of hydrogen-bond acceptors (Lipinski definition) is 8. The van der Waals surface area contributed by atoms with Crippen LogP contribution in [0.25, 0.3) is 0 Å².